The van der Waals surface area contributed by atoms with Gasteiger partial charge in [-0.05, 0) is 48.5 Å². The Hall–Kier alpha value is -2.06. The zero-order chi connectivity index (χ0) is 17.7. The molecule has 24 heavy (non-hydrogen) atoms. The molecule has 2 aromatic rings. The molecule has 1 amide bonds. The number of carbonyl (C=O) groups excluding carboxylic acids is 1. The normalized spacial score (nSPS) is 11.0. The van der Waals surface area contributed by atoms with Crippen LogP contribution in [0.25, 0.3) is 0 Å². The number of benzene rings is 2. The molecule has 0 fully saturated rings. The number of nitrogens with zero attached hydrogens (tertiary/aromatic N) is 1. The highest BCUT2D eigenvalue weighted by molar-refractivity contribution is 9.10. The van der Waals surface area contributed by atoms with Crippen molar-refractivity contribution in [3.8, 4) is 5.75 Å². The first-order chi connectivity index (χ1) is 11.3. The van der Waals surface area contributed by atoms with Crippen LogP contribution in [0.5, 0.6) is 5.75 Å². The molecule has 0 saturated heterocycles. The predicted octanol–water partition coefficient (Wildman–Crippen LogP) is 2.86. The highest BCUT2D eigenvalue weighted by atomic mass is 79.9. The summed E-state index contributed by atoms with van der Waals surface area (Å²) in [5.74, 6) is 0.196. The Labute approximate surface area is 149 Å². The molecular formula is C16H17BrN2O4S. The van der Waals surface area contributed by atoms with E-state index < -0.39 is 10.0 Å². The molecule has 0 spiro atoms. The molecule has 0 heterocycles. The zero-order valence-electron chi connectivity index (χ0n) is 13.2. The van der Waals surface area contributed by atoms with Crippen molar-refractivity contribution in [1.82, 2.24) is 0 Å². The summed E-state index contributed by atoms with van der Waals surface area (Å²) < 4.78 is 30.4. The molecular weight excluding hydrogens is 396 g/mol. The fourth-order valence-electron chi connectivity index (χ4n) is 1.82. The first-order valence-electron chi connectivity index (χ1n) is 6.98. The molecule has 0 saturated carbocycles. The van der Waals surface area contributed by atoms with Gasteiger partial charge in [0.1, 0.15) is 5.75 Å². The zero-order valence-corrected chi connectivity index (χ0v) is 15.6. The van der Waals surface area contributed by atoms with Gasteiger partial charge in [0.15, 0.2) is 6.61 Å². The number of ether oxygens (including phenoxy) is 1. The van der Waals surface area contributed by atoms with Crippen molar-refractivity contribution in [2.24, 2.45) is 0 Å². The fraction of sp³-hybridized carbons (Fsp3) is 0.188. The second-order valence-corrected chi connectivity index (χ2v) is 8.00. The second-order valence-electron chi connectivity index (χ2n) is 5.07. The monoisotopic (exact) mass is 412 g/mol. The standard InChI is InChI=1S/C16H17BrN2O4S/c1-19(24(2,21)22)14-7-9-15(10-8-14)23-11-16(20)18-13-5-3-12(17)4-6-13/h3-10H,11H2,1-2H3,(H,18,20). The minimum absolute atomic E-state index is 0.142. The maximum atomic E-state index is 11.8. The Morgan fingerprint density at radius 2 is 1.71 bits per heavy atom. The van der Waals surface area contributed by atoms with E-state index in [1.54, 1.807) is 36.4 Å². The average Bonchev–Trinajstić information content (AvgIpc) is 2.54. The lowest BCUT2D eigenvalue weighted by atomic mass is 10.3. The SMILES string of the molecule is CN(c1ccc(OCC(=O)Nc2ccc(Br)cc2)cc1)S(C)(=O)=O. The smallest absolute Gasteiger partial charge is 0.262 e. The number of hydrogen-bond donors (Lipinski definition) is 1. The lowest BCUT2D eigenvalue weighted by molar-refractivity contribution is -0.118. The van der Waals surface area contributed by atoms with Crippen LogP contribution in [-0.2, 0) is 14.8 Å². The molecule has 128 valence electrons. The van der Waals surface area contributed by atoms with Crippen molar-refractivity contribution in [2.45, 2.75) is 0 Å². The molecule has 0 radical (unpaired) electrons. The van der Waals surface area contributed by atoms with Crippen LogP contribution in [0, 0.1) is 0 Å². The van der Waals surface area contributed by atoms with Gasteiger partial charge in [0.2, 0.25) is 10.0 Å². The third-order valence-corrected chi connectivity index (χ3v) is 4.93. The molecule has 0 aliphatic rings. The van der Waals surface area contributed by atoms with E-state index >= 15 is 0 Å². The van der Waals surface area contributed by atoms with E-state index in [9.17, 15) is 13.2 Å². The Balaban J connectivity index is 1.90. The molecule has 2 rings (SSSR count). The van der Waals surface area contributed by atoms with Crippen molar-refractivity contribution in [2.75, 3.05) is 29.5 Å². The highest BCUT2D eigenvalue weighted by Crippen LogP contribution is 2.20. The molecule has 0 bridgehead atoms. The first kappa shape index (κ1) is 18.3. The van der Waals surface area contributed by atoms with Gasteiger partial charge >= 0.3 is 0 Å². The van der Waals surface area contributed by atoms with Crippen LogP contribution in [0.2, 0.25) is 0 Å². The summed E-state index contributed by atoms with van der Waals surface area (Å²) in [6.07, 6.45) is 1.13. The van der Waals surface area contributed by atoms with E-state index in [1.807, 2.05) is 12.1 Å². The summed E-state index contributed by atoms with van der Waals surface area (Å²) >= 11 is 3.32. The molecule has 8 heteroatoms. The predicted molar refractivity (Wildman–Crippen MR) is 98.0 cm³/mol. The highest BCUT2D eigenvalue weighted by Gasteiger charge is 2.11. The summed E-state index contributed by atoms with van der Waals surface area (Å²) in [6, 6.07) is 13.7. The minimum Gasteiger partial charge on any atom is -0.484 e. The lowest BCUT2D eigenvalue weighted by Gasteiger charge is -2.16. The Kier molecular flexibility index (Phi) is 5.84. The Morgan fingerprint density at radius 1 is 1.12 bits per heavy atom. The second kappa shape index (κ2) is 7.67. The van der Waals surface area contributed by atoms with Crippen molar-refractivity contribution < 1.29 is 17.9 Å². The van der Waals surface area contributed by atoms with Crippen LogP contribution < -0.4 is 14.4 Å². The van der Waals surface area contributed by atoms with Gasteiger partial charge in [-0.25, -0.2) is 8.42 Å². The molecule has 0 aliphatic heterocycles. The Morgan fingerprint density at radius 3 is 2.25 bits per heavy atom. The van der Waals surface area contributed by atoms with Crippen LogP contribution in [0.15, 0.2) is 53.0 Å². The van der Waals surface area contributed by atoms with Crippen molar-refractivity contribution in [1.29, 1.82) is 0 Å². The third-order valence-electron chi connectivity index (χ3n) is 3.20. The van der Waals surface area contributed by atoms with Crippen molar-refractivity contribution in [3.05, 3.63) is 53.0 Å². The van der Waals surface area contributed by atoms with E-state index in [0.29, 0.717) is 17.1 Å². The molecule has 0 unspecified atom stereocenters. The van der Waals surface area contributed by atoms with E-state index in [1.165, 1.54) is 7.05 Å². The van der Waals surface area contributed by atoms with E-state index in [0.717, 1.165) is 15.0 Å². The third kappa shape index (κ3) is 5.24. The van der Waals surface area contributed by atoms with E-state index in [2.05, 4.69) is 21.2 Å². The number of amides is 1. The number of nitrogens with one attached hydrogen (secondary N) is 1. The van der Waals surface area contributed by atoms with Crippen LogP contribution >= 0.6 is 15.9 Å². The first-order valence-corrected chi connectivity index (χ1v) is 9.62. The van der Waals surface area contributed by atoms with E-state index in [-0.39, 0.29) is 12.5 Å². The van der Waals surface area contributed by atoms with Gasteiger partial charge in [-0.15, -0.1) is 0 Å². The van der Waals surface area contributed by atoms with Crippen LogP contribution in [-0.4, -0.2) is 34.2 Å². The van der Waals surface area contributed by atoms with Gasteiger partial charge < -0.3 is 10.1 Å². The maximum absolute atomic E-state index is 11.8. The van der Waals surface area contributed by atoms with Crippen molar-refractivity contribution >= 4 is 43.2 Å². The molecule has 0 aromatic heterocycles. The van der Waals surface area contributed by atoms with Gasteiger partial charge in [0.05, 0.1) is 11.9 Å². The summed E-state index contributed by atoms with van der Waals surface area (Å²) in [5.41, 5.74) is 1.20. The van der Waals surface area contributed by atoms with Crippen LogP contribution in [0.4, 0.5) is 11.4 Å². The van der Waals surface area contributed by atoms with Crippen LogP contribution in [0.1, 0.15) is 0 Å². The maximum Gasteiger partial charge on any atom is 0.262 e. The number of rotatable bonds is 6. The number of hydrogen-bond acceptors (Lipinski definition) is 4. The minimum atomic E-state index is -3.31. The van der Waals surface area contributed by atoms with Gasteiger partial charge in [0, 0.05) is 17.2 Å². The number of carbonyl (C=O) groups is 1. The average molecular weight is 413 g/mol. The van der Waals surface area contributed by atoms with Gasteiger partial charge in [-0.3, -0.25) is 9.10 Å². The summed E-state index contributed by atoms with van der Waals surface area (Å²) in [4.78, 5) is 11.8. The fourth-order valence-corrected chi connectivity index (χ4v) is 2.59. The molecule has 6 nitrogen and oxygen atoms in total. The summed E-state index contributed by atoms with van der Waals surface area (Å²) in [7, 11) is -1.84. The number of anilines is 2. The largest absolute Gasteiger partial charge is 0.484 e. The molecule has 2 aromatic carbocycles. The molecule has 0 aliphatic carbocycles. The Bertz CT molecular complexity index is 805. The summed E-state index contributed by atoms with van der Waals surface area (Å²) in [6.45, 7) is -0.142. The van der Waals surface area contributed by atoms with Crippen molar-refractivity contribution in [3.63, 3.8) is 0 Å². The van der Waals surface area contributed by atoms with Gasteiger partial charge in [0.25, 0.3) is 5.91 Å². The lowest BCUT2D eigenvalue weighted by Crippen LogP contribution is -2.24. The van der Waals surface area contributed by atoms with E-state index in [4.69, 9.17) is 4.74 Å². The van der Waals surface area contributed by atoms with Crippen LogP contribution in [0.3, 0.4) is 0 Å². The number of sulfonamides is 1. The molecule has 0 atom stereocenters. The van der Waals surface area contributed by atoms with Gasteiger partial charge in [-0.2, -0.15) is 0 Å². The summed E-state index contributed by atoms with van der Waals surface area (Å²) in [5, 5.41) is 2.72. The molecule has 1 N–H and O–H groups in total. The van der Waals surface area contributed by atoms with Gasteiger partial charge in [-0.1, -0.05) is 15.9 Å². The number of halogens is 1. The topological polar surface area (TPSA) is 75.7 Å². The quantitative estimate of drug-likeness (QED) is 0.791.